The molecule has 11 heteroatoms. The summed E-state index contributed by atoms with van der Waals surface area (Å²) in [5, 5.41) is 21.5. The van der Waals surface area contributed by atoms with Crippen LogP contribution in [-0.4, -0.2) is 38.4 Å². The lowest BCUT2D eigenvalue weighted by molar-refractivity contribution is -0.137. The molecule has 1 aromatic carbocycles. The second-order valence-corrected chi connectivity index (χ2v) is 5.16. The Morgan fingerprint density at radius 2 is 2.29 bits per heavy atom. The van der Waals surface area contributed by atoms with Crippen LogP contribution in [0.2, 0.25) is 0 Å². The van der Waals surface area contributed by atoms with E-state index in [0.29, 0.717) is 11.0 Å². The highest BCUT2D eigenvalue weighted by Crippen LogP contribution is 2.13. The Kier molecular flexibility index (Phi) is 4.30. The van der Waals surface area contributed by atoms with Crippen LogP contribution in [0.4, 0.5) is 5.13 Å². The fraction of sp³-hybridized carbons (Fsp3) is 0.0769. The average molecular weight is 343 g/mol. The molecule has 2 aromatic heterocycles. The summed E-state index contributed by atoms with van der Waals surface area (Å²) >= 11 is 1.12. The predicted octanol–water partition coefficient (Wildman–Crippen LogP) is 0.370. The molecule has 0 unspecified atom stereocenters. The number of nitrogen functional groups attached to an aromatic ring is 1. The van der Waals surface area contributed by atoms with Crippen LogP contribution in [0.15, 0.2) is 34.8 Å². The van der Waals surface area contributed by atoms with Crippen molar-refractivity contribution in [2.45, 2.75) is 0 Å². The van der Waals surface area contributed by atoms with Crippen molar-refractivity contribution in [3.63, 3.8) is 0 Å². The van der Waals surface area contributed by atoms with Gasteiger partial charge in [-0.05, 0) is 17.3 Å². The number of benzene rings is 1. The molecule has 0 aliphatic carbocycles. The van der Waals surface area contributed by atoms with E-state index in [-0.39, 0.29) is 23.1 Å². The number of hydrogen-bond acceptors (Lipinski definition) is 10. The first-order valence-electron chi connectivity index (χ1n) is 6.50. The topological polar surface area (TPSA) is 141 Å². The highest BCUT2D eigenvalue weighted by Gasteiger charge is 2.22. The van der Waals surface area contributed by atoms with Crippen molar-refractivity contribution in [3.8, 4) is 6.07 Å². The summed E-state index contributed by atoms with van der Waals surface area (Å²) in [6, 6.07) is 8.68. The molecular formula is C13H9N7O3S. The number of para-hydroxylation sites is 1. The maximum absolute atomic E-state index is 12.4. The van der Waals surface area contributed by atoms with Crippen molar-refractivity contribution in [1.82, 2.24) is 20.1 Å². The lowest BCUT2D eigenvalue weighted by atomic mass is 10.3. The number of hydrogen-bond donors (Lipinski definition) is 1. The summed E-state index contributed by atoms with van der Waals surface area (Å²) in [4.78, 5) is 27.2. The van der Waals surface area contributed by atoms with Crippen molar-refractivity contribution >= 4 is 39.2 Å². The zero-order chi connectivity index (χ0) is 16.9. The fourth-order valence-electron chi connectivity index (χ4n) is 1.75. The highest BCUT2D eigenvalue weighted by atomic mass is 32.1. The normalized spacial score (nSPS) is 11.2. The predicted molar refractivity (Wildman–Crippen MR) is 83.7 cm³/mol. The number of thiazole rings is 1. The van der Waals surface area contributed by atoms with Gasteiger partial charge in [-0.1, -0.05) is 22.1 Å². The van der Waals surface area contributed by atoms with E-state index in [1.165, 1.54) is 5.38 Å². The number of anilines is 1. The number of fused-ring (bicyclic) bond motifs is 1. The van der Waals surface area contributed by atoms with Gasteiger partial charge in [-0.3, -0.25) is 0 Å². The van der Waals surface area contributed by atoms with Gasteiger partial charge in [0.2, 0.25) is 12.3 Å². The second kappa shape index (κ2) is 6.71. The van der Waals surface area contributed by atoms with Crippen molar-refractivity contribution in [1.29, 1.82) is 5.26 Å². The van der Waals surface area contributed by atoms with Crippen LogP contribution in [0.5, 0.6) is 0 Å². The maximum atomic E-state index is 12.4. The van der Waals surface area contributed by atoms with Gasteiger partial charge in [-0.15, -0.1) is 16.4 Å². The Morgan fingerprint density at radius 3 is 3.04 bits per heavy atom. The first kappa shape index (κ1) is 15.4. The summed E-state index contributed by atoms with van der Waals surface area (Å²) in [7, 11) is 0. The first-order chi connectivity index (χ1) is 11.7. The molecular weight excluding hydrogens is 334 g/mol. The van der Waals surface area contributed by atoms with Gasteiger partial charge in [0.1, 0.15) is 22.8 Å². The van der Waals surface area contributed by atoms with E-state index in [1.807, 2.05) is 0 Å². The molecule has 0 saturated carbocycles. The lowest BCUT2D eigenvalue weighted by Gasteiger charge is -2.04. The van der Waals surface area contributed by atoms with Crippen LogP contribution >= 0.6 is 11.3 Å². The largest absolute Gasteiger partial charge is 0.389 e. The van der Waals surface area contributed by atoms with Gasteiger partial charge in [0.25, 0.3) is 0 Å². The zero-order valence-electron chi connectivity index (χ0n) is 12.0. The smallest absolute Gasteiger partial charge is 0.380 e. The minimum Gasteiger partial charge on any atom is -0.380 e. The summed E-state index contributed by atoms with van der Waals surface area (Å²) in [6.07, 6.45) is 0. The Labute approximate surface area is 138 Å². The lowest BCUT2D eigenvalue weighted by Crippen LogP contribution is -2.29. The molecule has 24 heavy (non-hydrogen) atoms. The number of nitrogens with zero attached hydrogens (tertiary/aromatic N) is 6. The van der Waals surface area contributed by atoms with Crippen LogP contribution in [0.3, 0.4) is 0 Å². The maximum Gasteiger partial charge on any atom is 0.389 e. The van der Waals surface area contributed by atoms with Crippen molar-refractivity contribution < 1.29 is 14.5 Å². The number of nitriles is 1. The molecule has 120 valence electrons. The Hall–Kier alpha value is -3.52. The van der Waals surface area contributed by atoms with Gasteiger partial charge in [0.05, 0.1) is 0 Å². The van der Waals surface area contributed by atoms with Gasteiger partial charge < -0.3 is 15.4 Å². The molecule has 0 aliphatic rings. The van der Waals surface area contributed by atoms with E-state index >= 15 is 0 Å². The third-order valence-electron chi connectivity index (χ3n) is 2.73. The summed E-state index contributed by atoms with van der Waals surface area (Å²) in [6.45, 7) is -0.331. The molecule has 3 aromatic rings. The Morgan fingerprint density at radius 1 is 1.46 bits per heavy atom. The first-order valence-corrected chi connectivity index (χ1v) is 7.38. The van der Waals surface area contributed by atoms with E-state index in [2.05, 4.69) is 20.5 Å². The number of rotatable bonds is 5. The SMILES string of the molecule is N#CCO/N=C(\C(=O)On1nnc2ccccc21)c1csc(N)n1. The monoisotopic (exact) mass is 343 g/mol. The number of carbonyl (C=O) groups is 1. The number of nitrogens with two attached hydrogens (primary N) is 1. The summed E-state index contributed by atoms with van der Waals surface area (Å²) in [5.74, 6) is -0.881. The molecule has 3 rings (SSSR count). The van der Waals surface area contributed by atoms with Gasteiger partial charge in [0, 0.05) is 5.38 Å². The van der Waals surface area contributed by atoms with Gasteiger partial charge in [-0.2, -0.15) is 5.26 Å². The molecule has 2 heterocycles. The second-order valence-electron chi connectivity index (χ2n) is 4.27. The number of carbonyl (C=O) groups excluding carboxylic acids is 1. The quantitative estimate of drug-likeness (QED) is 0.303. The molecule has 0 fully saturated rings. The summed E-state index contributed by atoms with van der Waals surface area (Å²) < 4.78 is 0. The molecule has 0 saturated heterocycles. The summed E-state index contributed by atoms with van der Waals surface area (Å²) in [5.41, 5.74) is 6.55. The van der Waals surface area contributed by atoms with Crippen molar-refractivity contribution in [2.24, 2.45) is 5.16 Å². The van der Waals surface area contributed by atoms with Crippen LogP contribution in [0.1, 0.15) is 5.69 Å². The molecule has 10 nitrogen and oxygen atoms in total. The van der Waals surface area contributed by atoms with Crippen molar-refractivity contribution in [2.75, 3.05) is 12.3 Å². The third-order valence-corrected chi connectivity index (χ3v) is 3.41. The van der Waals surface area contributed by atoms with Crippen LogP contribution in [-0.2, 0) is 9.63 Å². The molecule has 0 radical (unpaired) electrons. The van der Waals surface area contributed by atoms with E-state index in [1.54, 1.807) is 30.3 Å². The third kappa shape index (κ3) is 3.13. The number of oxime groups is 1. The number of aromatic nitrogens is 4. The Bertz CT molecular complexity index is 956. The van der Waals surface area contributed by atoms with E-state index in [9.17, 15) is 4.79 Å². The fourth-order valence-corrected chi connectivity index (χ4v) is 2.30. The van der Waals surface area contributed by atoms with Crippen molar-refractivity contribution in [3.05, 3.63) is 35.3 Å². The Balaban J connectivity index is 1.88. The molecule has 0 amide bonds. The van der Waals surface area contributed by atoms with E-state index < -0.39 is 5.97 Å². The molecule has 0 atom stereocenters. The van der Waals surface area contributed by atoms with Gasteiger partial charge in [0.15, 0.2) is 5.13 Å². The average Bonchev–Trinajstić information content (AvgIpc) is 3.18. The van der Waals surface area contributed by atoms with Crippen LogP contribution < -0.4 is 10.6 Å². The molecule has 0 spiro atoms. The highest BCUT2D eigenvalue weighted by molar-refractivity contribution is 7.13. The minimum absolute atomic E-state index is 0.171. The van der Waals surface area contributed by atoms with Gasteiger partial charge in [-0.25, -0.2) is 9.78 Å². The van der Waals surface area contributed by atoms with E-state index in [0.717, 1.165) is 16.2 Å². The van der Waals surface area contributed by atoms with Gasteiger partial charge >= 0.3 is 5.97 Å². The molecule has 0 bridgehead atoms. The van der Waals surface area contributed by atoms with Crippen LogP contribution in [0.25, 0.3) is 11.0 Å². The zero-order valence-corrected chi connectivity index (χ0v) is 12.8. The molecule has 0 aliphatic heterocycles. The standard InChI is InChI=1S/C13H9N7O3S/c14-5-6-22-18-11(9-7-24-13(15)16-9)12(21)23-20-10-4-2-1-3-8(10)17-19-20/h1-4,7H,6H2,(H2,15,16)/b18-11-. The van der Waals surface area contributed by atoms with E-state index in [4.69, 9.17) is 20.7 Å². The minimum atomic E-state index is -0.881. The molecule has 2 N–H and O–H groups in total. The van der Waals surface area contributed by atoms with Crippen LogP contribution in [0, 0.1) is 11.3 Å².